The van der Waals surface area contributed by atoms with Crippen molar-refractivity contribution in [1.82, 2.24) is 10.2 Å². The summed E-state index contributed by atoms with van der Waals surface area (Å²) in [5.74, 6) is -0.802. The number of hydrogen-bond donors (Lipinski definition) is 1. The Morgan fingerprint density at radius 2 is 2.19 bits per heavy atom. The predicted molar refractivity (Wildman–Crippen MR) is 111 cm³/mol. The highest BCUT2D eigenvalue weighted by Gasteiger charge is 2.61. The van der Waals surface area contributed by atoms with Crippen LogP contribution >= 0.6 is 19.4 Å². The quantitative estimate of drug-likeness (QED) is 0.335. The van der Waals surface area contributed by atoms with Crippen LogP contribution in [0.25, 0.3) is 0 Å². The largest absolute Gasteiger partial charge is 0.475 e. The molecular formula is C19H28ClN2O8P. The number of phosphoric acid groups is 1. The number of amides is 1. The van der Waals surface area contributed by atoms with E-state index < -0.39 is 37.1 Å². The number of esters is 1. The van der Waals surface area contributed by atoms with Crippen LogP contribution in [0.1, 0.15) is 34.1 Å². The number of halogens is 1. The number of ether oxygens (including phenoxy) is 2. The number of carbonyl (C=O) groups excluding carboxylic acids is 2. The van der Waals surface area contributed by atoms with Gasteiger partial charge >= 0.3 is 13.8 Å². The van der Waals surface area contributed by atoms with Crippen LogP contribution in [0.15, 0.2) is 24.7 Å². The highest BCUT2D eigenvalue weighted by atomic mass is 35.5. The summed E-state index contributed by atoms with van der Waals surface area (Å²) in [5.41, 5.74) is 0. The molecule has 0 radical (unpaired) electrons. The van der Waals surface area contributed by atoms with Gasteiger partial charge in [-0.1, -0.05) is 13.5 Å². The Morgan fingerprint density at radius 1 is 1.48 bits per heavy atom. The Bertz CT molecular complexity index is 817. The minimum atomic E-state index is -3.91. The van der Waals surface area contributed by atoms with Crippen molar-refractivity contribution in [3.05, 3.63) is 24.7 Å². The van der Waals surface area contributed by atoms with E-state index in [0.29, 0.717) is 5.82 Å². The summed E-state index contributed by atoms with van der Waals surface area (Å²) in [6.07, 6.45) is 0.743. The third-order valence-corrected chi connectivity index (χ3v) is 6.94. The van der Waals surface area contributed by atoms with E-state index in [2.05, 4.69) is 11.9 Å². The molecule has 2 saturated heterocycles. The van der Waals surface area contributed by atoms with Crippen LogP contribution in [0.2, 0.25) is 0 Å². The molecule has 10 nitrogen and oxygen atoms in total. The van der Waals surface area contributed by atoms with Gasteiger partial charge in [-0.05, 0) is 27.2 Å². The van der Waals surface area contributed by atoms with Crippen LogP contribution < -0.4 is 5.32 Å². The summed E-state index contributed by atoms with van der Waals surface area (Å²) in [4.78, 5) is 23.8. The fraction of sp³-hybridized carbons (Fsp3) is 0.684. The number of nitrogens with zero attached hydrogens (tertiary/aromatic N) is 1. The normalized spacial score (nSPS) is 36.3. The lowest BCUT2D eigenvalue weighted by atomic mass is 10.0. The van der Waals surface area contributed by atoms with Crippen molar-refractivity contribution in [2.24, 2.45) is 5.92 Å². The van der Waals surface area contributed by atoms with Crippen molar-refractivity contribution >= 4 is 31.3 Å². The second-order valence-electron chi connectivity index (χ2n) is 8.11. The predicted octanol–water partition coefficient (Wildman–Crippen LogP) is 2.64. The Balaban J connectivity index is 1.61. The molecule has 0 spiro atoms. The van der Waals surface area contributed by atoms with E-state index in [4.69, 9.17) is 34.6 Å². The molecule has 3 aliphatic rings. The lowest BCUT2D eigenvalue weighted by molar-refractivity contribution is -0.152. The molecule has 2 fully saturated rings. The van der Waals surface area contributed by atoms with Crippen LogP contribution in [-0.2, 0) is 37.2 Å². The number of nitrogens with one attached hydrogen (secondary N) is 1. The molecule has 0 aromatic rings. The summed E-state index contributed by atoms with van der Waals surface area (Å²) in [7, 11) is -3.91. The van der Waals surface area contributed by atoms with Crippen molar-refractivity contribution in [1.29, 1.82) is 0 Å². The van der Waals surface area contributed by atoms with E-state index in [1.54, 1.807) is 32.6 Å². The van der Waals surface area contributed by atoms with Gasteiger partial charge in [0.15, 0.2) is 6.23 Å². The standard InChI is InChI=1S/C19H28ClN2O8P/c1-11(2)28-17(24)12(3)7-9-26-31(25)27-10-14-16(30-31)19(5,20)18(29-14)22-8-6-15(23)21-13(22)4/h6,8,11-12,14,16,18H,4,7,9-10H2,1-3,5H3,(H,21,23)/t12?,14-,16-,18-,19-,31+/m1/s1. The molecule has 0 aromatic heterocycles. The van der Waals surface area contributed by atoms with E-state index in [-0.39, 0.29) is 37.6 Å². The van der Waals surface area contributed by atoms with Gasteiger partial charge in [-0.25, -0.2) is 4.57 Å². The SMILES string of the molecule is C=C1NC(=O)C=CN1[C@@H]1O[C@@H]2CO[P@](=O)(OCCC(C)C(=O)OC(C)C)O[C@H]2[C@@]1(C)Cl. The minimum Gasteiger partial charge on any atom is -0.463 e. The monoisotopic (exact) mass is 478 g/mol. The van der Waals surface area contributed by atoms with Gasteiger partial charge < -0.3 is 19.7 Å². The van der Waals surface area contributed by atoms with E-state index in [9.17, 15) is 14.2 Å². The molecule has 3 rings (SSSR count). The third kappa shape index (κ3) is 5.32. The molecule has 1 N–H and O–H groups in total. The molecule has 3 aliphatic heterocycles. The van der Waals surface area contributed by atoms with Crippen LogP contribution in [-0.4, -0.2) is 59.4 Å². The Morgan fingerprint density at radius 3 is 2.84 bits per heavy atom. The minimum absolute atomic E-state index is 0.0238. The van der Waals surface area contributed by atoms with Gasteiger partial charge in [0, 0.05) is 12.3 Å². The molecule has 0 aliphatic carbocycles. The first-order valence-corrected chi connectivity index (χ1v) is 11.9. The number of phosphoric ester groups is 1. The lowest BCUT2D eigenvalue weighted by Gasteiger charge is -2.38. The summed E-state index contributed by atoms with van der Waals surface area (Å²) in [6.45, 7) is 10.6. The fourth-order valence-electron chi connectivity index (χ4n) is 3.42. The zero-order valence-electron chi connectivity index (χ0n) is 17.9. The van der Waals surface area contributed by atoms with Gasteiger partial charge in [0.05, 0.1) is 25.2 Å². The van der Waals surface area contributed by atoms with E-state index in [1.807, 2.05) is 0 Å². The Labute approximate surface area is 186 Å². The zero-order chi connectivity index (χ0) is 23.0. The first kappa shape index (κ1) is 24.2. The van der Waals surface area contributed by atoms with Gasteiger partial charge in [0.2, 0.25) is 0 Å². The number of carbonyl (C=O) groups is 2. The average molecular weight is 479 g/mol. The maximum atomic E-state index is 13.0. The van der Waals surface area contributed by atoms with Crippen molar-refractivity contribution < 1.29 is 37.2 Å². The van der Waals surface area contributed by atoms with E-state index in [0.717, 1.165) is 0 Å². The summed E-state index contributed by atoms with van der Waals surface area (Å²) in [6, 6.07) is 0. The van der Waals surface area contributed by atoms with Crippen LogP contribution in [0.3, 0.4) is 0 Å². The lowest BCUT2D eigenvalue weighted by Crippen LogP contribution is -2.51. The average Bonchev–Trinajstić information content (AvgIpc) is 2.91. The maximum Gasteiger partial charge on any atom is 0.475 e. The van der Waals surface area contributed by atoms with Crippen molar-refractivity contribution in [2.45, 2.75) is 63.5 Å². The number of hydrogen-bond acceptors (Lipinski definition) is 9. The molecule has 174 valence electrons. The molecule has 0 saturated carbocycles. The maximum absolute atomic E-state index is 13.0. The molecule has 31 heavy (non-hydrogen) atoms. The summed E-state index contributed by atoms with van der Waals surface area (Å²) in [5, 5.41) is 2.58. The molecule has 1 unspecified atom stereocenters. The molecule has 6 atom stereocenters. The Hall–Kier alpha value is -1.42. The van der Waals surface area contributed by atoms with Gasteiger partial charge in [-0.3, -0.25) is 23.2 Å². The van der Waals surface area contributed by atoms with Gasteiger partial charge in [-0.2, -0.15) is 0 Å². The molecule has 3 heterocycles. The second kappa shape index (κ2) is 9.21. The van der Waals surface area contributed by atoms with Crippen molar-refractivity contribution in [2.75, 3.05) is 13.2 Å². The van der Waals surface area contributed by atoms with E-state index in [1.165, 1.54) is 12.3 Å². The summed E-state index contributed by atoms with van der Waals surface area (Å²) >= 11 is 6.77. The van der Waals surface area contributed by atoms with E-state index >= 15 is 0 Å². The zero-order valence-corrected chi connectivity index (χ0v) is 19.6. The van der Waals surface area contributed by atoms with Crippen LogP contribution in [0.5, 0.6) is 0 Å². The molecule has 1 amide bonds. The number of fused-ring (bicyclic) bond motifs is 1. The van der Waals surface area contributed by atoms with Crippen molar-refractivity contribution in [3.63, 3.8) is 0 Å². The molecule has 0 bridgehead atoms. The van der Waals surface area contributed by atoms with Gasteiger partial charge in [0.25, 0.3) is 5.91 Å². The molecule has 12 heteroatoms. The molecule has 0 aromatic carbocycles. The van der Waals surface area contributed by atoms with Gasteiger partial charge in [0.1, 0.15) is 22.9 Å². The smallest absolute Gasteiger partial charge is 0.463 e. The van der Waals surface area contributed by atoms with Crippen LogP contribution in [0, 0.1) is 5.92 Å². The Kier molecular flexibility index (Phi) is 7.20. The van der Waals surface area contributed by atoms with Crippen LogP contribution in [0.4, 0.5) is 0 Å². The molecular weight excluding hydrogens is 451 g/mol. The summed E-state index contributed by atoms with van der Waals surface area (Å²) < 4.78 is 40.5. The third-order valence-electron chi connectivity index (χ3n) is 5.09. The van der Waals surface area contributed by atoms with Crippen molar-refractivity contribution in [3.8, 4) is 0 Å². The number of alkyl halides is 1. The highest BCUT2D eigenvalue weighted by Crippen LogP contribution is 2.59. The first-order valence-electron chi connectivity index (χ1n) is 10.0. The first-order chi connectivity index (χ1) is 14.4. The van der Waals surface area contributed by atoms with Gasteiger partial charge in [-0.15, -0.1) is 11.6 Å². The highest BCUT2D eigenvalue weighted by molar-refractivity contribution is 7.48. The number of rotatable bonds is 7. The topological polar surface area (TPSA) is 113 Å². The second-order valence-corrected chi connectivity index (χ2v) is 10.6. The fourth-order valence-corrected chi connectivity index (χ4v) is 5.32.